The summed E-state index contributed by atoms with van der Waals surface area (Å²) in [4.78, 5) is 12.6. The highest BCUT2D eigenvalue weighted by molar-refractivity contribution is 5.75. The van der Waals surface area contributed by atoms with Crippen LogP contribution in [0.25, 0.3) is 0 Å². The molecule has 0 aromatic rings. The molecule has 6 nitrogen and oxygen atoms in total. The number of hydrogen-bond donors (Lipinski definition) is 3. The molecule has 4 fully saturated rings. The molecule has 1 aliphatic heterocycles. The van der Waals surface area contributed by atoms with Crippen LogP contribution in [0.4, 0.5) is 0 Å². The fraction of sp³-hybridized carbons (Fsp3) is 0.903. The molecule has 0 aromatic heterocycles. The second-order valence-electron chi connectivity index (χ2n) is 14.0. The van der Waals surface area contributed by atoms with Crippen LogP contribution in [0.2, 0.25) is 0 Å². The predicted octanol–water partition coefficient (Wildman–Crippen LogP) is 5.48. The normalized spacial score (nSPS) is 44.2. The summed E-state index contributed by atoms with van der Waals surface area (Å²) in [6, 6.07) is 0. The smallest absolute Gasteiger partial charge is 0.220 e. The van der Waals surface area contributed by atoms with E-state index in [9.17, 15) is 15.0 Å². The standard InChI is InChI=1S/C31H49N3O3/c1-5-6-13-31(33-34-31)16-17-32-27(37)10-7-20(2)23-8-9-24-28-25(12-15-30(23,24)4)29(3)14-11-22(35)18-21(29)19-26(28)36/h1,20-26,28,35-36H,6-19H2,2-4H3,(H,32,37)/t20-,21+,22-,23-,24+,25+,26+,28+,29+,30-/m1/s1. The van der Waals surface area contributed by atoms with Crippen LogP contribution in [0.1, 0.15) is 104 Å². The first-order valence-electron chi connectivity index (χ1n) is 15.1. The Morgan fingerprint density at radius 3 is 2.51 bits per heavy atom. The van der Waals surface area contributed by atoms with Crippen LogP contribution in [0.3, 0.4) is 0 Å². The summed E-state index contributed by atoms with van der Waals surface area (Å²) in [5.41, 5.74) is 0.192. The number of amides is 1. The second kappa shape index (κ2) is 10.3. The van der Waals surface area contributed by atoms with Crippen molar-refractivity contribution < 1.29 is 15.0 Å². The maximum absolute atomic E-state index is 12.6. The third-order valence-corrected chi connectivity index (χ3v) is 12.1. The third-order valence-electron chi connectivity index (χ3n) is 12.1. The zero-order chi connectivity index (χ0) is 26.4. The molecular formula is C31H49N3O3. The Balaban J connectivity index is 1.15. The Kier molecular flexibility index (Phi) is 7.53. The minimum absolute atomic E-state index is 0.129. The van der Waals surface area contributed by atoms with E-state index in [0.717, 1.165) is 44.9 Å². The van der Waals surface area contributed by atoms with Crippen LogP contribution in [-0.4, -0.2) is 40.5 Å². The largest absolute Gasteiger partial charge is 0.393 e. The molecule has 4 saturated carbocycles. The minimum Gasteiger partial charge on any atom is -0.393 e. The molecule has 0 aromatic carbocycles. The average Bonchev–Trinajstić information content (AvgIpc) is 3.54. The molecule has 6 heteroatoms. The van der Waals surface area contributed by atoms with Crippen molar-refractivity contribution in [3.05, 3.63) is 0 Å². The fourth-order valence-corrected chi connectivity index (χ4v) is 9.89. The number of terminal acetylenes is 1. The van der Waals surface area contributed by atoms with Gasteiger partial charge in [-0.3, -0.25) is 4.79 Å². The molecule has 37 heavy (non-hydrogen) atoms. The van der Waals surface area contributed by atoms with Gasteiger partial charge in [0.1, 0.15) is 0 Å². The van der Waals surface area contributed by atoms with Gasteiger partial charge in [-0.05, 0) is 104 Å². The predicted molar refractivity (Wildman–Crippen MR) is 144 cm³/mol. The van der Waals surface area contributed by atoms with Crippen molar-refractivity contribution in [3.63, 3.8) is 0 Å². The lowest BCUT2D eigenvalue weighted by atomic mass is 9.43. The van der Waals surface area contributed by atoms with E-state index in [-0.39, 0.29) is 34.6 Å². The van der Waals surface area contributed by atoms with Crippen molar-refractivity contribution in [1.29, 1.82) is 0 Å². The maximum atomic E-state index is 12.6. The number of aliphatic hydroxyl groups excluding tert-OH is 2. The van der Waals surface area contributed by atoms with E-state index in [0.29, 0.717) is 54.9 Å². The molecule has 5 rings (SSSR count). The first-order valence-corrected chi connectivity index (χ1v) is 15.1. The first kappa shape index (κ1) is 27.1. The molecule has 0 radical (unpaired) electrons. The molecule has 1 heterocycles. The lowest BCUT2D eigenvalue weighted by Gasteiger charge is -2.62. The van der Waals surface area contributed by atoms with E-state index in [2.05, 4.69) is 42.2 Å². The van der Waals surface area contributed by atoms with Gasteiger partial charge in [0.25, 0.3) is 0 Å². The summed E-state index contributed by atoms with van der Waals surface area (Å²) >= 11 is 0. The van der Waals surface area contributed by atoms with Crippen LogP contribution in [-0.2, 0) is 4.79 Å². The summed E-state index contributed by atoms with van der Waals surface area (Å²) in [7, 11) is 0. The van der Waals surface area contributed by atoms with Crippen molar-refractivity contribution in [2.45, 2.75) is 122 Å². The van der Waals surface area contributed by atoms with E-state index in [4.69, 9.17) is 6.42 Å². The monoisotopic (exact) mass is 511 g/mol. The number of nitrogens with one attached hydrogen (secondary N) is 1. The number of carbonyl (C=O) groups excluding carboxylic acids is 1. The summed E-state index contributed by atoms with van der Waals surface area (Å²) < 4.78 is 0. The van der Waals surface area contributed by atoms with E-state index >= 15 is 0 Å². The van der Waals surface area contributed by atoms with Gasteiger partial charge in [0.2, 0.25) is 5.91 Å². The van der Waals surface area contributed by atoms with Gasteiger partial charge in [-0.25, -0.2) is 0 Å². The van der Waals surface area contributed by atoms with Crippen molar-refractivity contribution >= 4 is 5.91 Å². The zero-order valence-corrected chi connectivity index (χ0v) is 23.3. The Hall–Kier alpha value is -1.45. The summed E-state index contributed by atoms with van der Waals surface area (Å²) in [5.74, 6) is 5.92. The van der Waals surface area contributed by atoms with Crippen LogP contribution in [0, 0.1) is 58.7 Å². The summed E-state index contributed by atoms with van der Waals surface area (Å²) in [6.45, 7) is 7.94. The molecule has 0 spiro atoms. The molecule has 0 unspecified atom stereocenters. The first-order chi connectivity index (χ1) is 17.6. The van der Waals surface area contributed by atoms with Crippen LogP contribution < -0.4 is 5.32 Å². The topological polar surface area (TPSA) is 94.3 Å². The highest BCUT2D eigenvalue weighted by Crippen LogP contribution is 2.68. The lowest BCUT2D eigenvalue weighted by molar-refractivity contribution is -0.174. The number of aliphatic hydroxyl groups is 2. The van der Waals surface area contributed by atoms with E-state index in [1.165, 1.54) is 25.7 Å². The quantitative estimate of drug-likeness (QED) is 0.358. The molecule has 10 atom stereocenters. The van der Waals surface area contributed by atoms with Crippen molar-refractivity contribution in [1.82, 2.24) is 5.32 Å². The van der Waals surface area contributed by atoms with Gasteiger partial charge >= 0.3 is 0 Å². The third kappa shape index (κ3) is 5.00. The highest BCUT2D eigenvalue weighted by atomic mass is 16.3. The highest BCUT2D eigenvalue weighted by Gasteiger charge is 2.62. The van der Waals surface area contributed by atoms with Crippen molar-refractivity contribution in [2.24, 2.45) is 56.6 Å². The lowest BCUT2D eigenvalue weighted by Crippen LogP contribution is -2.58. The number of fused-ring (bicyclic) bond motifs is 5. The van der Waals surface area contributed by atoms with E-state index in [1.54, 1.807) is 0 Å². The molecule has 206 valence electrons. The summed E-state index contributed by atoms with van der Waals surface area (Å²) in [5, 5.41) is 33.1. The molecular weight excluding hydrogens is 462 g/mol. The van der Waals surface area contributed by atoms with Gasteiger partial charge < -0.3 is 15.5 Å². The van der Waals surface area contributed by atoms with Gasteiger partial charge in [-0.1, -0.05) is 20.8 Å². The van der Waals surface area contributed by atoms with Gasteiger partial charge in [-0.15, -0.1) is 12.3 Å². The zero-order valence-electron chi connectivity index (χ0n) is 23.3. The van der Waals surface area contributed by atoms with Crippen LogP contribution >= 0.6 is 0 Å². The van der Waals surface area contributed by atoms with Gasteiger partial charge in [0.15, 0.2) is 5.66 Å². The van der Waals surface area contributed by atoms with Crippen molar-refractivity contribution in [2.75, 3.05) is 6.54 Å². The summed E-state index contributed by atoms with van der Waals surface area (Å²) in [6.07, 6.45) is 17.3. The van der Waals surface area contributed by atoms with Crippen molar-refractivity contribution in [3.8, 4) is 12.3 Å². The molecule has 1 amide bonds. The Bertz CT molecular complexity index is 923. The Morgan fingerprint density at radius 2 is 1.78 bits per heavy atom. The second-order valence-corrected chi connectivity index (χ2v) is 14.0. The Labute approximate surface area is 223 Å². The molecule has 0 saturated heterocycles. The molecule has 3 N–H and O–H groups in total. The molecule has 5 aliphatic rings. The number of nitrogens with zero attached hydrogens (tertiary/aromatic N) is 2. The van der Waals surface area contributed by atoms with Crippen LogP contribution in [0.5, 0.6) is 0 Å². The number of hydrogen-bond acceptors (Lipinski definition) is 5. The number of carbonyl (C=O) groups is 1. The molecule has 4 aliphatic carbocycles. The Morgan fingerprint density at radius 1 is 1.05 bits per heavy atom. The van der Waals surface area contributed by atoms with Crippen LogP contribution in [0.15, 0.2) is 10.2 Å². The maximum Gasteiger partial charge on any atom is 0.220 e. The van der Waals surface area contributed by atoms with Gasteiger partial charge in [-0.2, -0.15) is 10.2 Å². The fourth-order valence-electron chi connectivity index (χ4n) is 9.89. The average molecular weight is 512 g/mol. The van der Waals surface area contributed by atoms with Gasteiger partial charge in [0, 0.05) is 32.2 Å². The minimum atomic E-state index is -0.336. The molecule has 0 bridgehead atoms. The van der Waals surface area contributed by atoms with E-state index in [1.807, 2.05) is 0 Å². The van der Waals surface area contributed by atoms with Gasteiger partial charge in [0.05, 0.1) is 12.2 Å². The number of rotatable bonds is 9. The van der Waals surface area contributed by atoms with E-state index < -0.39 is 0 Å². The SMILES string of the molecule is C#CCCC1(CCNC(=O)CC[C@@H](C)[C@H]2CC[C@H]3[C@@H]4[C@@H](O)C[C@@H]5C[C@H](O)CC[C@]5(C)[C@H]4CC[C@]23C)N=N1.